The highest BCUT2D eigenvalue weighted by atomic mass is 35.5. The van der Waals surface area contributed by atoms with Gasteiger partial charge in [0.25, 0.3) is 0 Å². The Bertz CT molecular complexity index is 471. The van der Waals surface area contributed by atoms with E-state index in [0.717, 1.165) is 25.2 Å². The van der Waals surface area contributed by atoms with Crippen LogP contribution in [0.4, 0.5) is 11.5 Å². The predicted molar refractivity (Wildman–Crippen MR) is 80.5 cm³/mol. The Morgan fingerprint density at radius 3 is 2.89 bits per heavy atom. The minimum absolute atomic E-state index is 0.339. The van der Waals surface area contributed by atoms with Crippen LogP contribution in [-0.2, 0) is 6.42 Å². The molecule has 0 aliphatic heterocycles. The highest BCUT2D eigenvalue weighted by Crippen LogP contribution is 2.25. The van der Waals surface area contributed by atoms with Gasteiger partial charge in [-0.25, -0.2) is 9.97 Å². The standard InChI is InChI=1S/C14H21ClN4/c1-2-11-18-13(15)12(16)14(19-11)17-9-8-10-6-4-3-5-7-10/h6H,2-5,7-9,16H2,1H3,(H,17,18,19). The van der Waals surface area contributed by atoms with Gasteiger partial charge in [0.1, 0.15) is 11.5 Å². The maximum Gasteiger partial charge on any atom is 0.157 e. The molecule has 5 heteroatoms. The summed E-state index contributed by atoms with van der Waals surface area (Å²) in [6, 6.07) is 0. The van der Waals surface area contributed by atoms with Crippen LogP contribution in [0.2, 0.25) is 5.15 Å². The van der Waals surface area contributed by atoms with Gasteiger partial charge in [-0.15, -0.1) is 0 Å². The van der Waals surface area contributed by atoms with Gasteiger partial charge in [0.2, 0.25) is 0 Å². The third-order valence-electron chi connectivity index (χ3n) is 3.39. The van der Waals surface area contributed by atoms with Gasteiger partial charge in [0.05, 0.1) is 0 Å². The number of anilines is 2. The lowest BCUT2D eigenvalue weighted by molar-refractivity contribution is 0.679. The van der Waals surface area contributed by atoms with Crippen LogP contribution in [0.25, 0.3) is 0 Å². The van der Waals surface area contributed by atoms with Crippen molar-refractivity contribution in [3.63, 3.8) is 0 Å². The molecule has 1 aromatic heterocycles. The molecule has 0 amide bonds. The van der Waals surface area contributed by atoms with Crippen LogP contribution in [0.5, 0.6) is 0 Å². The molecule has 0 aromatic carbocycles. The fourth-order valence-corrected chi connectivity index (χ4v) is 2.44. The molecule has 1 aliphatic carbocycles. The first-order valence-electron chi connectivity index (χ1n) is 6.94. The second-order valence-corrected chi connectivity index (χ2v) is 5.19. The minimum atomic E-state index is 0.339. The normalized spacial score (nSPS) is 15.2. The van der Waals surface area contributed by atoms with Gasteiger partial charge in [0, 0.05) is 13.0 Å². The van der Waals surface area contributed by atoms with Crippen molar-refractivity contribution in [2.24, 2.45) is 0 Å². The number of aromatic nitrogens is 2. The fraction of sp³-hybridized carbons (Fsp3) is 0.571. The van der Waals surface area contributed by atoms with E-state index in [-0.39, 0.29) is 0 Å². The summed E-state index contributed by atoms with van der Waals surface area (Å²) in [7, 11) is 0. The van der Waals surface area contributed by atoms with E-state index in [2.05, 4.69) is 21.4 Å². The number of aryl methyl sites for hydroxylation is 1. The Hall–Kier alpha value is -1.29. The molecule has 19 heavy (non-hydrogen) atoms. The summed E-state index contributed by atoms with van der Waals surface area (Å²) in [6.07, 6.45) is 9.23. The zero-order valence-corrected chi connectivity index (χ0v) is 12.1. The summed E-state index contributed by atoms with van der Waals surface area (Å²) < 4.78 is 0. The van der Waals surface area contributed by atoms with Crippen molar-refractivity contribution in [1.29, 1.82) is 0 Å². The highest BCUT2D eigenvalue weighted by Gasteiger charge is 2.09. The van der Waals surface area contributed by atoms with Gasteiger partial charge in [-0.2, -0.15) is 0 Å². The molecule has 0 atom stereocenters. The molecule has 1 aliphatic rings. The third-order valence-corrected chi connectivity index (χ3v) is 3.67. The number of nitrogen functional groups attached to an aromatic ring is 1. The maximum absolute atomic E-state index is 6.00. The lowest BCUT2D eigenvalue weighted by atomic mass is 9.97. The Labute approximate surface area is 119 Å². The number of halogens is 1. The molecule has 4 nitrogen and oxygen atoms in total. The van der Waals surface area contributed by atoms with Crippen LogP contribution in [0.3, 0.4) is 0 Å². The van der Waals surface area contributed by atoms with Gasteiger partial charge < -0.3 is 11.1 Å². The van der Waals surface area contributed by atoms with Crippen molar-refractivity contribution in [1.82, 2.24) is 9.97 Å². The van der Waals surface area contributed by atoms with Crippen LogP contribution >= 0.6 is 11.6 Å². The van der Waals surface area contributed by atoms with Crippen LogP contribution in [0.1, 0.15) is 44.9 Å². The van der Waals surface area contributed by atoms with E-state index in [4.69, 9.17) is 17.3 Å². The van der Waals surface area contributed by atoms with E-state index in [1.165, 1.54) is 31.3 Å². The van der Waals surface area contributed by atoms with E-state index in [1.807, 2.05) is 6.92 Å². The number of allylic oxidation sites excluding steroid dienone is 1. The van der Waals surface area contributed by atoms with Crippen LogP contribution in [0.15, 0.2) is 11.6 Å². The Morgan fingerprint density at radius 1 is 1.37 bits per heavy atom. The second kappa shape index (κ2) is 6.75. The maximum atomic E-state index is 6.00. The summed E-state index contributed by atoms with van der Waals surface area (Å²) in [6.45, 7) is 2.84. The molecule has 1 heterocycles. The zero-order chi connectivity index (χ0) is 13.7. The third kappa shape index (κ3) is 3.83. The Kier molecular flexibility index (Phi) is 5.02. The quantitative estimate of drug-likeness (QED) is 0.639. The van der Waals surface area contributed by atoms with Gasteiger partial charge in [0.15, 0.2) is 11.0 Å². The topological polar surface area (TPSA) is 63.8 Å². The van der Waals surface area contributed by atoms with Gasteiger partial charge in [-0.1, -0.05) is 30.2 Å². The number of nitrogens with zero attached hydrogens (tertiary/aromatic N) is 2. The Morgan fingerprint density at radius 2 is 2.21 bits per heavy atom. The number of rotatable bonds is 5. The van der Waals surface area contributed by atoms with Gasteiger partial charge >= 0.3 is 0 Å². The molecule has 0 spiro atoms. The van der Waals surface area contributed by atoms with Crippen LogP contribution < -0.4 is 11.1 Å². The summed E-state index contributed by atoms with van der Waals surface area (Å²) in [5.74, 6) is 1.38. The molecule has 0 unspecified atom stereocenters. The van der Waals surface area contributed by atoms with Crippen LogP contribution in [-0.4, -0.2) is 16.5 Å². The number of nitrogens with two attached hydrogens (primary N) is 1. The van der Waals surface area contributed by atoms with E-state index >= 15 is 0 Å². The van der Waals surface area contributed by atoms with Crippen molar-refractivity contribution >= 4 is 23.1 Å². The molecule has 0 saturated heterocycles. The summed E-state index contributed by atoms with van der Waals surface area (Å²) >= 11 is 6.00. The number of hydrogen-bond donors (Lipinski definition) is 2. The summed E-state index contributed by atoms with van der Waals surface area (Å²) in [5, 5.41) is 3.61. The monoisotopic (exact) mass is 280 g/mol. The van der Waals surface area contributed by atoms with Crippen molar-refractivity contribution < 1.29 is 0 Å². The molecule has 0 fully saturated rings. The first-order valence-corrected chi connectivity index (χ1v) is 7.32. The lowest BCUT2D eigenvalue weighted by Gasteiger charge is -2.14. The molecule has 3 N–H and O–H groups in total. The van der Waals surface area contributed by atoms with Crippen molar-refractivity contribution in [3.8, 4) is 0 Å². The SMILES string of the molecule is CCc1nc(Cl)c(N)c(NCCC2=CCCCC2)n1. The average Bonchev–Trinajstić information content (AvgIpc) is 2.44. The van der Waals surface area contributed by atoms with Crippen molar-refractivity contribution in [2.45, 2.75) is 45.4 Å². The number of nitrogens with one attached hydrogen (secondary N) is 1. The van der Waals surface area contributed by atoms with E-state index in [1.54, 1.807) is 0 Å². The van der Waals surface area contributed by atoms with Crippen molar-refractivity contribution in [3.05, 3.63) is 22.6 Å². The Balaban J connectivity index is 1.95. The van der Waals surface area contributed by atoms with Crippen LogP contribution in [0, 0.1) is 0 Å². The van der Waals surface area contributed by atoms with E-state index < -0.39 is 0 Å². The second-order valence-electron chi connectivity index (χ2n) is 4.83. The fourth-order valence-electron chi connectivity index (χ4n) is 2.25. The molecule has 0 bridgehead atoms. The number of hydrogen-bond acceptors (Lipinski definition) is 4. The van der Waals surface area contributed by atoms with E-state index in [0.29, 0.717) is 16.7 Å². The largest absolute Gasteiger partial charge is 0.393 e. The first kappa shape index (κ1) is 14.1. The smallest absolute Gasteiger partial charge is 0.157 e. The van der Waals surface area contributed by atoms with Gasteiger partial charge in [-0.3, -0.25) is 0 Å². The minimum Gasteiger partial charge on any atom is -0.393 e. The summed E-state index contributed by atoms with van der Waals surface area (Å²) in [4.78, 5) is 8.51. The van der Waals surface area contributed by atoms with Gasteiger partial charge in [-0.05, 0) is 32.1 Å². The molecule has 0 radical (unpaired) electrons. The molecule has 1 aromatic rings. The molecular formula is C14H21ClN4. The summed E-state index contributed by atoms with van der Waals surface area (Å²) in [5.41, 5.74) is 7.87. The zero-order valence-electron chi connectivity index (χ0n) is 11.4. The van der Waals surface area contributed by atoms with E-state index in [9.17, 15) is 0 Å². The lowest BCUT2D eigenvalue weighted by Crippen LogP contribution is -2.10. The first-order chi connectivity index (χ1) is 9.20. The predicted octanol–water partition coefficient (Wildman–Crippen LogP) is 3.58. The van der Waals surface area contributed by atoms with Crippen molar-refractivity contribution in [2.75, 3.05) is 17.6 Å². The molecule has 0 saturated carbocycles. The molecular weight excluding hydrogens is 260 g/mol. The molecule has 2 rings (SSSR count). The molecule has 104 valence electrons. The highest BCUT2D eigenvalue weighted by molar-refractivity contribution is 6.32. The average molecular weight is 281 g/mol.